The molecule has 152 valence electrons. The minimum Gasteiger partial charge on any atom is -0.388 e. The Morgan fingerprint density at radius 1 is 1.12 bits per heavy atom. The van der Waals surface area contributed by atoms with E-state index in [1.165, 1.54) is 0 Å². The summed E-state index contributed by atoms with van der Waals surface area (Å²) in [6, 6.07) is 0. The van der Waals surface area contributed by atoms with Crippen LogP contribution in [-0.2, 0) is 12.0 Å². The molecule has 0 bridgehead atoms. The summed E-state index contributed by atoms with van der Waals surface area (Å²) < 4.78 is 5.29. The number of guanidine groups is 1. The summed E-state index contributed by atoms with van der Waals surface area (Å²) in [7, 11) is 0. The Morgan fingerprint density at radius 3 is 2.19 bits per heavy atom. The highest BCUT2D eigenvalue weighted by Gasteiger charge is 2.25. The van der Waals surface area contributed by atoms with Crippen molar-refractivity contribution in [3.63, 3.8) is 0 Å². The van der Waals surface area contributed by atoms with Crippen LogP contribution < -0.4 is 10.6 Å². The quantitative estimate of drug-likeness (QED) is 0.285. The lowest BCUT2D eigenvalue weighted by atomic mass is 9.93. The fraction of sp³-hybridized carbons (Fsp3) is 0.833. The first-order chi connectivity index (χ1) is 11.7. The van der Waals surface area contributed by atoms with E-state index in [-0.39, 0.29) is 29.4 Å². The number of aliphatic imine (C=N–C) groups is 1. The molecular weight excluding hydrogens is 445 g/mol. The first-order valence-corrected chi connectivity index (χ1v) is 9.31. The van der Waals surface area contributed by atoms with Gasteiger partial charge in [-0.1, -0.05) is 52.6 Å². The summed E-state index contributed by atoms with van der Waals surface area (Å²) in [5.41, 5.74) is -0.875. The van der Waals surface area contributed by atoms with Crippen LogP contribution in [0.5, 0.6) is 0 Å². The van der Waals surface area contributed by atoms with E-state index in [1.54, 1.807) is 0 Å². The van der Waals surface area contributed by atoms with Gasteiger partial charge in [0.05, 0.1) is 5.60 Å². The Balaban J connectivity index is 0.00000625. The lowest BCUT2D eigenvalue weighted by Gasteiger charge is -2.28. The second kappa shape index (κ2) is 11.7. The highest BCUT2D eigenvalue weighted by atomic mass is 127. The highest BCUT2D eigenvalue weighted by molar-refractivity contribution is 14.0. The molecule has 0 saturated heterocycles. The molecule has 26 heavy (non-hydrogen) atoms. The van der Waals surface area contributed by atoms with E-state index in [1.807, 2.05) is 27.7 Å². The number of nitrogens with zero attached hydrogens (tertiary/aromatic N) is 3. The van der Waals surface area contributed by atoms with Crippen molar-refractivity contribution in [3.8, 4) is 0 Å². The predicted molar refractivity (Wildman–Crippen MR) is 116 cm³/mol. The van der Waals surface area contributed by atoms with Gasteiger partial charge >= 0.3 is 0 Å². The van der Waals surface area contributed by atoms with Crippen LogP contribution in [0.1, 0.15) is 78.9 Å². The summed E-state index contributed by atoms with van der Waals surface area (Å²) in [4.78, 5) is 8.89. The van der Waals surface area contributed by atoms with Crippen LogP contribution >= 0.6 is 24.0 Å². The maximum Gasteiger partial charge on any atom is 0.232 e. The smallest absolute Gasteiger partial charge is 0.232 e. The van der Waals surface area contributed by atoms with E-state index in [0.29, 0.717) is 30.8 Å². The Kier molecular flexibility index (Phi) is 11.3. The fourth-order valence-electron chi connectivity index (χ4n) is 2.60. The number of hydrogen-bond acceptors (Lipinski definition) is 5. The van der Waals surface area contributed by atoms with Gasteiger partial charge in [0.2, 0.25) is 5.89 Å². The van der Waals surface area contributed by atoms with Gasteiger partial charge in [-0.25, -0.2) is 4.99 Å². The largest absolute Gasteiger partial charge is 0.388 e. The van der Waals surface area contributed by atoms with Crippen molar-refractivity contribution in [3.05, 3.63) is 11.7 Å². The van der Waals surface area contributed by atoms with Gasteiger partial charge in [-0.2, -0.15) is 4.98 Å². The molecule has 0 aliphatic carbocycles. The molecule has 0 amide bonds. The molecule has 0 spiro atoms. The third kappa shape index (κ3) is 8.66. The number of aromatic nitrogens is 2. The van der Waals surface area contributed by atoms with Crippen LogP contribution in [0.15, 0.2) is 9.52 Å². The van der Waals surface area contributed by atoms with Gasteiger partial charge in [-0.15, -0.1) is 24.0 Å². The van der Waals surface area contributed by atoms with E-state index in [0.717, 1.165) is 32.2 Å². The molecule has 0 fully saturated rings. The number of hydrogen-bond donors (Lipinski definition) is 3. The minimum absolute atomic E-state index is 0. The second-order valence-corrected chi connectivity index (χ2v) is 7.54. The normalized spacial score (nSPS) is 12.7. The second-order valence-electron chi connectivity index (χ2n) is 7.54. The lowest BCUT2D eigenvalue weighted by Crippen LogP contribution is -2.47. The van der Waals surface area contributed by atoms with Crippen molar-refractivity contribution >= 4 is 29.9 Å². The number of nitrogens with one attached hydrogen (secondary N) is 2. The van der Waals surface area contributed by atoms with Gasteiger partial charge in [-0.05, 0) is 19.8 Å². The van der Waals surface area contributed by atoms with Crippen molar-refractivity contribution in [2.75, 3.05) is 13.1 Å². The van der Waals surface area contributed by atoms with Crippen LogP contribution in [0, 0.1) is 0 Å². The topological polar surface area (TPSA) is 95.6 Å². The van der Waals surface area contributed by atoms with Crippen LogP contribution in [-0.4, -0.2) is 39.9 Å². The maximum atomic E-state index is 10.7. The molecule has 0 aliphatic heterocycles. The van der Waals surface area contributed by atoms with E-state index < -0.39 is 5.60 Å². The monoisotopic (exact) mass is 481 g/mol. The van der Waals surface area contributed by atoms with Crippen molar-refractivity contribution in [1.29, 1.82) is 0 Å². The van der Waals surface area contributed by atoms with Gasteiger partial charge in [0, 0.05) is 18.5 Å². The predicted octanol–water partition coefficient (Wildman–Crippen LogP) is 3.37. The van der Waals surface area contributed by atoms with Gasteiger partial charge in [-0.3, -0.25) is 0 Å². The SMILES string of the molecule is CCCC(O)(CCC)CNC(=NCc1noc(C(C)(C)C)n1)NCC.I. The standard InChI is InChI=1S/C18H35N5O2.HI/c1-7-10-18(24,11-8-2)13-21-16(19-9-3)20-12-14-22-15(25-23-14)17(4,5)6;/h24H,7-13H2,1-6H3,(H2,19,20,21);1H. The number of halogens is 1. The van der Waals surface area contributed by atoms with Gasteiger partial charge in [0.25, 0.3) is 0 Å². The molecule has 0 atom stereocenters. The maximum absolute atomic E-state index is 10.7. The molecule has 7 nitrogen and oxygen atoms in total. The molecule has 0 saturated carbocycles. The molecule has 0 aliphatic rings. The Labute approximate surface area is 174 Å². The zero-order chi connectivity index (χ0) is 18.9. The third-order valence-electron chi connectivity index (χ3n) is 3.85. The number of aliphatic hydroxyl groups is 1. The summed E-state index contributed by atoms with van der Waals surface area (Å²) >= 11 is 0. The van der Waals surface area contributed by atoms with Crippen LogP contribution in [0.25, 0.3) is 0 Å². The van der Waals surface area contributed by atoms with E-state index in [9.17, 15) is 5.11 Å². The number of rotatable bonds is 9. The minimum atomic E-state index is -0.703. The van der Waals surface area contributed by atoms with Crippen molar-refractivity contribution in [1.82, 2.24) is 20.8 Å². The molecule has 1 rings (SSSR count). The Hall–Kier alpha value is -0.900. The molecule has 0 aromatic carbocycles. The highest BCUT2D eigenvalue weighted by Crippen LogP contribution is 2.20. The fourth-order valence-corrected chi connectivity index (χ4v) is 2.60. The molecule has 3 N–H and O–H groups in total. The average Bonchev–Trinajstić information content (AvgIpc) is 3.00. The molecule has 1 aromatic rings. The summed E-state index contributed by atoms with van der Waals surface area (Å²) in [5.74, 6) is 1.81. The summed E-state index contributed by atoms with van der Waals surface area (Å²) in [5, 5.41) is 21.1. The van der Waals surface area contributed by atoms with Crippen LogP contribution in [0.4, 0.5) is 0 Å². The zero-order valence-electron chi connectivity index (χ0n) is 17.1. The average molecular weight is 481 g/mol. The lowest BCUT2D eigenvalue weighted by molar-refractivity contribution is 0.0257. The Bertz CT molecular complexity index is 534. The van der Waals surface area contributed by atoms with E-state index in [2.05, 4.69) is 39.6 Å². The Morgan fingerprint density at radius 2 is 1.73 bits per heavy atom. The molecule has 1 aromatic heterocycles. The first kappa shape index (κ1) is 25.1. The van der Waals surface area contributed by atoms with Gasteiger partial charge in [0.15, 0.2) is 11.8 Å². The van der Waals surface area contributed by atoms with E-state index >= 15 is 0 Å². The zero-order valence-corrected chi connectivity index (χ0v) is 19.4. The third-order valence-corrected chi connectivity index (χ3v) is 3.85. The van der Waals surface area contributed by atoms with Crippen LogP contribution in [0.3, 0.4) is 0 Å². The molecule has 1 heterocycles. The molecular formula is C18H36IN5O2. The summed E-state index contributed by atoms with van der Waals surface area (Å²) in [6.45, 7) is 13.8. The van der Waals surface area contributed by atoms with Gasteiger partial charge in [0.1, 0.15) is 6.54 Å². The first-order valence-electron chi connectivity index (χ1n) is 9.31. The van der Waals surface area contributed by atoms with Crippen molar-refractivity contribution in [2.24, 2.45) is 4.99 Å². The van der Waals surface area contributed by atoms with Crippen molar-refractivity contribution < 1.29 is 9.63 Å². The van der Waals surface area contributed by atoms with Gasteiger partial charge < -0.3 is 20.3 Å². The van der Waals surface area contributed by atoms with E-state index in [4.69, 9.17) is 4.52 Å². The van der Waals surface area contributed by atoms with Crippen molar-refractivity contribution in [2.45, 2.75) is 84.8 Å². The molecule has 0 radical (unpaired) electrons. The molecule has 0 unspecified atom stereocenters. The van der Waals surface area contributed by atoms with Crippen LogP contribution in [0.2, 0.25) is 0 Å². The summed E-state index contributed by atoms with van der Waals surface area (Å²) in [6.07, 6.45) is 3.44. The molecule has 8 heteroatoms.